The van der Waals surface area contributed by atoms with Crippen LogP contribution in [0.5, 0.6) is 0 Å². The lowest BCUT2D eigenvalue weighted by atomic mass is 10.1. The molecule has 4 heteroatoms. The highest BCUT2D eigenvalue weighted by Gasteiger charge is 2.10. The Hall–Kier alpha value is -2.74. The molecule has 1 fully saturated rings. The maximum Gasteiger partial charge on any atom is 0.236 e. The van der Waals surface area contributed by atoms with Crippen molar-refractivity contribution in [2.75, 3.05) is 26.3 Å². The molecule has 1 heterocycles. The number of carbonyl (C=O) groups is 2. The van der Waals surface area contributed by atoms with Gasteiger partial charge < -0.3 is 4.74 Å². The molecule has 25 heavy (non-hydrogen) atoms. The van der Waals surface area contributed by atoms with E-state index in [9.17, 15) is 9.59 Å². The summed E-state index contributed by atoms with van der Waals surface area (Å²) in [7, 11) is 0. The van der Waals surface area contributed by atoms with E-state index in [0.717, 1.165) is 44.7 Å². The van der Waals surface area contributed by atoms with Crippen LogP contribution in [-0.2, 0) is 11.3 Å². The van der Waals surface area contributed by atoms with Gasteiger partial charge in [-0.3, -0.25) is 14.5 Å². The second kappa shape index (κ2) is 8.39. The van der Waals surface area contributed by atoms with Crippen molar-refractivity contribution in [1.82, 2.24) is 4.90 Å². The summed E-state index contributed by atoms with van der Waals surface area (Å²) in [6.07, 6.45) is 0.748. The molecule has 0 saturated carbocycles. The number of rotatable bonds is 4. The first-order valence-electron chi connectivity index (χ1n) is 8.25. The van der Waals surface area contributed by atoms with Gasteiger partial charge in [-0.25, -0.2) is 0 Å². The van der Waals surface area contributed by atoms with Crippen LogP contribution in [-0.4, -0.2) is 43.3 Å². The van der Waals surface area contributed by atoms with Crippen LogP contribution in [0, 0.1) is 11.8 Å². The summed E-state index contributed by atoms with van der Waals surface area (Å²) in [5.74, 6) is 5.29. The molecule has 3 rings (SSSR count). The average Bonchev–Trinajstić information content (AvgIpc) is 2.68. The molecule has 0 radical (unpaired) electrons. The van der Waals surface area contributed by atoms with Crippen LogP contribution in [0.2, 0.25) is 0 Å². The molecule has 0 aliphatic carbocycles. The third-order valence-electron chi connectivity index (χ3n) is 4.09. The van der Waals surface area contributed by atoms with Gasteiger partial charge in [0.2, 0.25) is 5.78 Å². The predicted octanol–water partition coefficient (Wildman–Crippen LogP) is 2.57. The number of morpholine rings is 1. The highest BCUT2D eigenvalue weighted by Crippen LogP contribution is 2.09. The monoisotopic (exact) mass is 333 g/mol. The number of benzene rings is 2. The molecule has 0 unspecified atom stereocenters. The first kappa shape index (κ1) is 17.1. The molecule has 0 aromatic heterocycles. The number of hydrogen-bond donors (Lipinski definition) is 0. The van der Waals surface area contributed by atoms with Gasteiger partial charge in [-0.05, 0) is 35.7 Å². The van der Waals surface area contributed by atoms with Gasteiger partial charge in [-0.2, -0.15) is 0 Å². The standard InChI is InChI=1S/C21H19NO3/c23-16-19-5-8-20(9-6-19)21(24)10-7-17-1-3-18(4-2-17)15-22-11-13-25-14-12-22/h1-6,8-9,16H,11-15H2. The molecule has 0 amide bonds. The van der Waals surface area contributed by atoms with Crippen molar-refractivity contribution < 1.29 is 14.3 Å². The zero-order chi connectivity index (χ0) is 17.5. The molecule has 0 atom stereocenters. The zero-order valence-corrected chi connectivity index (χ0v) is 13.9. The second-order valence-corrected chi connectivity index (χ2v) is 5.90. The van der Waals surface area contributed by atoms with Gasteiger partial charge in [0.15, 0.2) is 0 Å². The van der Waals surface area contributed by atoms with E-state index in [1.807, 2.05) is 24.3 Å². The van der Waals surface area contributed by atoms with Crippen LogP contribution in [0.25, 0.3) is 0 Å². The highest BCUT2D eigenvalue weighted by molar-refractivity contribution is 6.09. The van der Waals surface area contributed by atoms with E-state index in [1.165, 1.54) is 5.56 Å². The Morgan fingerprint density at radius 1 is 1.04 bits per heavy atom. The van der Waals surface area contributed by atoms with Crippen molar-refractivity contribution >= 4 is 12.1 Å². The number of ether oxygens (including phenoxy) is 1. The van der Waals surface area contributed by atoms with Crippen LogP contribution in [0.15, 0.2) is 48.5 Å². The molecule has 2 aromatic carbocycles. The zero-order valence-electron chi connectivity index (χ0n) is 13.9. The Morgan fingerprint density at radius 3 is 2.36 bits per heavy atom. The number of aldehydes is 1. The van der Waals surface area contributed by atoms with Crippen LogP contribution < -0.4 is 0 Å². The quantitative estimate of drug-likeness (QED) is 0.490. The van der Waals surface area contributed by atoms with Gasteiger partial charge in [0.1, 0.15) is 6.29 Å². The third kappa shape index (κ3) is 4.87. The molecule has 0 bridgehead atoms. The minimum absolute atomic E-state index is 0.255. The Bertz CT molecular complexity index is 792. The van der Waals surface area contributed by atoms with E-state index in [2.05, 4.69) is 16.7 Å². The number of Topliss-reactive ketones (excluding diaryl/α,β-unsaturated/α-hetero) is 1. The van der Waals surface area contributed by atoms with Crippen molar-refractivity contribution in [3.63, 3.8) is 0 Å². The van der Waals surface area contributed by atoms with Gasteiger partial charge >= 0.3 is 0 Å². The maximum atomic E-state index is 12.1. The van der Waals surface area contributed by atoms with Crippen LogP contribution in [0.3, 0.4) is 0 Å². The molecular formula is C21H19NO3. The van der Waals surface area contributed by atoms with Crippen molar-refractivity contribution in [2.24, 2.45) is 0 Å². The van der Waals surface area contributed by atoms with E-state index in [4.69, 9.17) is 4.74 Å². The number of carbonyl (C=O) groups excluding carboxylic acids is 2. The summed E-state index contributed by atoms with van der Waals surface area (Å²) >= 11 is 0. The van der Waals surface area contributed by atoms with Crippen LogP contribution in [0.1, 0.15) is 31.8 Å². The number of hydrogen-bond acceptors (Lipinski definition) is 4. The third-order valence-corrected chi connectivity index (χ3v) is 4.09. The molecule has 0 spiro atoms. The summed E-state index contributed by atoms with van der Waals surface area (Å²) in [6, 6.07) is 14.4. The molecular weight excluding hydrogens is 314 g/mol. The Labute approximate surface area is 147 Å². The van der Waals surface area contributed by atoms with E-state index < -0.39 is 0 Å². The average molecular weight is 333 g/mol. The second-order valence-electron chi connectivity index (χ2n) is 5.90. The van der Waals surface area contributed by atoms with Crippen molar-refractivity contribution in [3.05, 3.63) is 70.8 Å². The largest absolute Gasteiger partial charge is 0.379 e. The summed E-state index contributed by atoms with van der Waals surface area (Å²) in [5.41, 5.74) is 3.06. The lowest BCUT2D eigenvalue weighted by Crippen LogP contribution is -2.35. The Kier molecular flexibility index (Phi) is 5.73. The molecule has 2 aromatic rings. The fourth-order valence-electron chi connectivity index (χ4n) is 2.63. The van der Waals surface area contributed by atoms with E-state index in [1.54, 1.807) is 24.3 Å². The Morgan fingerprint density at radius 2 is 1.72 bits per heavy atom. The van der Waals surface area contributed by atoms with E-state index in [-0.39, 0.29) is 5.78 Å². The van der Waals surface area contributed by atoms with Gasteiger partial charge in [-0.1, -0.05) is 30.2 Å². The minimum atomic E-state index is -0.255. The van der Waals surface area contributed by atoms with Crippen molar-refractivity contribution in [2.45, 2.75) is 6.54 Å². The predicted molar refractivity (Wildman–Crippen MR) is 95.6 cm³/mol. The van der Waals surface area contributed by atoms with Crippen LogP contribution >= 0.6 is 0 Å². The fraction of sp³-hybridized carbons (Fsp3) is 0.238. The molecule has 1 aliphatic heterocycles. The highest BCUT2D eigenvalue weighted by atomic mass is 16.5. The number of nitrogens with zero attached hydrogens (tertiary/aromatic N) is 1. The lowest BCUT2D eigenvalue weighted by molar-refractivity contribution is 0.0342. The molecule has 0 N–H and O–H groups in total. The Balaban J connectivity index is 1.61. The SMILES string of the molecule is O=Cc1ccc(C(=O)C#Cc2ccc(CN3CCOCC3)cc2)cc1. The minimum Gasteiger partial charge on any atom is -0.379 e. The topological polar surface area (TPSA) is 46.6 Å². The molecule has 1 aliphatic rings. The van der Waals surface area contributed by atoms with E-state index in [0.29, 0.717) is 11.1 Å². The number of ketones is 1. The normalized spacial score (nSPS) is 14.4. The smallest absolute Gasteiger partial charge is 0.236 e. The molecule has 1 saturated heterocycles. The fourth-order valence-corrected chi connectivity index (χ4v) is 2.63. The maximum absolute atomic E-state index is 12.1. The summed E-state index contributed by atoms with van der Waals surface area (Å²) in [5, 5.41) is 0. The first-order valence-corrected chi connectivity index (χ1v) is 8.25. The van der Waals surface area contributed by atoms with Gasteiger partial charge in [0.05, 0.1) is 13.2 Å². The van der Waals surface area contributed by atoms with E-state index >= 15 is 0 Å². The van der Waals surface area contributed by atoms with Gasteiger partial charge in [-0.15, -0.1) is 0 Å². The summed E-state index contributed by atoms with van der Waals surface area (Å²) < 4.78 is 5.35. The van der Waals surface area contributed by atoms with Gasteiger partial charge in [0.25, 0.3) is 0 Å². The summed E-state index contributed by atoms with van der Waals surface area (Å²) in [6.45, 7) is 4.40. The summed E-state index contributed by atoms with van der Waals surface area (Å²) in [4.78, 5) is 25.1. The van der Waals surface area contributed by atoms with Crippen LogP contribution in [0.4, 0.5) is 0 Å². The van der Waals surface area contributed by atoms with Gasteiger partial charge in [0, 0.05) is 36.3 Å². The lowest BCUT2D eigenvalue weighted by Gasteiger charge is -2.26. The molecule has 126 valence electrons. The first-order chi connectivity index (χ1) is 12.2. The van der Waals surface area contributed by atoms with Crippen molar-refractivity contribution in [1.29, 1.82) is 0 Å². The molecule has 4 nitrogen and oxygen atoms in total. The van der Waals surface area contributed by atoms with Crippen molar-refractivity contribution in [3.8, 4) is 11.8 Å².